The number of carbonyl (C=O) groups excluding carboxylic acids is 1. The quantitative estimate of drug-likeness (QED) is 0.300. The number of hydrogen-bond acceptors (Lipinski definition) is 11. The van der Waals surface area contributed by atoms with Crippen LogP contribution in [0, 0.1) is 0 Å². The summed E-state index contributed by atoms with van der Waals surface area (Å²) in [6.07, 6.45) is -7.42. The lowest BCUT2D eigenvalue weighted by atomic mass is 9.89. The first-order chi connectivity index (χ1) is 19.2. The van der Waals surface area contributed by atoms with Gasteiger partial charge in [0.2, 0.25) is 0 Å². The minimum atomic E-state index is -1.75. The average molecular weight is 560 g/mol. The highest BCUT2D eigenvalue weighted by Gasteiger charge is 2.49. The highest BCUT2D eigenvalue weighted by molar-refractivity contribution is 5.89. The molecule has 0 aliphatic carbocycles. The van der Waals surface area contributed by atoms with E-state index in [4.69, 9.17) is 28.1 Å². The molecular formula is C28H33NO11. The summed E-state index contributed by atoms with van der Waals surface area (Å²) in [5, 5.41) is 34.6. The number of methoxy groups -OCH3 is 4. The van der Waals surface area contributed by atoms with E-state index in [1.165, 1.54) is 40.6 Å². The molecule has 2 aromatic carbocycles. The number of nitrogens with one attached hydrogen (secondary N) is 1. The summed E-state index contributed by atoms with van der Waals surface area (Å²) < 4.78 is 33.7. The van der Waals surface area contributed by atoms with Crippen LogP contribution >= 0.6 is 0 Å². The van der Waals surface area contributed by atoms with E-state index in [2.05, 4.69) is 5.32 Å². The van der Waals surface area contributed by atoms with Gasteiger partial charge in [0.1, 0.15) is 52.6 Å². The van der Waals surface area contributed by atoms with Crippen LogP contribution in [0.4, 0.5) is 0 Å². The molecule has 0 bridgehead atoms. The molecule has 216 valence electrons. The third-order valence-electron chi connectivity index (χ3n) is 6.77. The van der Waals surface area contributed by atoms with E-state index < -0.39 is 41.9 Å². The van der Waals surface area contributed by atoms with Gasteiger partial charge in [-0.1, -0.05) is 6.92 Å². The number of hydrogen-bond donors (Lipinski definition) is 4. The van der Waals surface area contributed by atoms with Crippen LogP contribution in [-0.2, 0) is 9.53 Å². The van der Waals surface area contributed by atoms with E-state index in [1.807, 2.05) is 6.92 Å². The van der Waals surface area contributed by atoms with Gasteiger partial charge in [-0.05, 0) is 24.6 Å². The first kappa shape index (κ1) is 29.2. The monoisotopic (exact) mass is 559 g/mol. The largest absolute Gasteiger partial charge is 0.496 e. The van der Waals surface area contributed by atoms with Crippen LogP contribution in [0.25, 0.3) is 22.3 Å². The molecule has 0 saturated carbocycles. The zero-order valence-electron chi connectivity index (χ0n) is 22.8. The van der Waals surface area contributed by atoms with Gasteiger partial charge in [-0.25, -0.2) is 0 Å². The van der Waals surface area contributed by atoms with Crippen molar-refractivity contribution in [2.24, 2.45) is 0 Å². The van der Waals surface area contributed by atoms with Gasteiger partial charge < -0.3 is 48.7 Å². The molecule has 0 unspecified atom stereocenters. The fourth-order valence-electron chi connectivity index (χ4n) is 4.75. The maximum atomic E-state index is 13.5. The van der Waals surface area contributed by atoms with E-state index in [0.717, 1.165) is 0 Å². The number of fused-ring (bicyclic) bond motifs is 1. The lowest BCUT2D eigenvalue weighted by Gasteiger charge is -2.40. The molecule has 3 aromatic rings. The lowest BCUT2D eigenvalue weighted by molar-refractivity contribution is -0.223. The SMILES string of the molecule is CCCNC(=O)[C@H]1O[C@@H](c2c(OC)cc3oc(-c4ccc(OC)c(OC)c4)cc(=O)c3c2OC)[C@H](O)[C@@H](O)[C@@H]1O. The molecule has 1 aliphatic rings. The average Bonchev–Trinajstić information content (AvgIpc) is 2.97. The molecule has 1 aliphatic heterocycles. The Morgan fingerprint density at radius 1 is 0.900 bits per heavy atom. The van der Waals surface area contributed by atoms with Crippen molar-refractivity contribution >= 4 is 16.9 Å². The molecule has 4 rings (SSSR count). The van der Waals surface area contributed by atoms with Crippen LogP contribution in [0.2, 0.25) is 0 Å². The lowest BCUT2D eigenvalue weighted by Crippen LogP contribution is -2.58. The number of carbonyl (C=O) groups is 1. The first-order valence-electron chi connectivity index (χ1n) is 12.6. The van der Waals surface area contributed by atoms with Crippen molar-refractivity contribution in [3.63, 3.8) is 0 Å². The van der Waals surface area contributed by atoms with Crippen LogP contribution in [0.3, 0.4) is 0 Å². The molecule has 12 nitrogen and oxygen atoms in total. The molecule has 40 heavy (non-hydrogen) atoms. The number of rotatable bonds is 9. The van der Waals surface area contributed by atoms with Gasteiger partial charge in [0.25, 0.3) is 5.91 Å². The second-order valence-corrected chi connectivity index (χ2v) is 9.18. The highest BCUT2D eigenvalue weighted by Crippen LogP contribution is 2.46. The highest BCUT2D eigenvalue weighted by atomic mass is 16.5. The Morgan fingerprint density at radius 2 is 1.60 bits per heavy atom. The number of ether oxygens (including phenoxy) is 5. The van der Waals surface area contributed by atoms with Gasteiger partial charge in [0.15, 0.2) is 23.0 Å². The van der Waals surface area contributed by atoms with Crippen molar-refractivity contribution in [2.75, 3.05) is 35.0 Å². The fourth-order valence-corrected chi connectivity index (χ4v) is 4.75. The molecule has 1 aromatic heterocycles. The zero-order valence-corrected chi connectivity index (χ0v) is 22.8. The zero-order chi connectivity index (χ0) is 29.1. The molecule has 4 N–H and O–H groups in total. The molecule has 5 atom stereocenters. The molecule has 1 amide bonds. The van der Waals surface area contributed by atoms with Crippen molar-refractivity contribution in [3.05, 3.63) is 46.1 Å². The summed E-state index contributed by atoms with van der Waals surface area (Å²) in [5.74, 6) is 0.565. The Morgan fingerprint density at radius 3 is 2.23 bits per heavy atom. The van der Waals surface area contributed by atoms with Crippen molar-refractivity contribution in [1.29, 1.82) is 0 Å². The number of benzene rings is 2. The molecule has 1 saturated heterocycles. The van der Waals surface area contributed by atoms with E-state index >= 15 is 0 Å². The maximum Gasteiger partial charge on any atom is 0.251 e. The maximum absolute atomic E-state index is 13.5. The Balaban J connectivity index is 1.86. The molecule has 0 spiro atoms. The molecule has 1 fully saturated rings. The van der Waals surface area contributed by atoms with Crippen LogP contribution in [0.5, 0.6) is 23.0 Å². The van der Waals surface area contributed by atoms with Crippen molar-refractivity contribution < 1.29 is 48.2 Å². The van der Waals surface area contributed by atoms with E-state index in [0.29, 0.717) is 30.0 Å². The standard InChI is InChI=1S/C28H33NO11/c1-6-9-29-28(34)27-24(33)22(31)23(32)26(40-27)21-18(37-4)12-19-20(25(21)38-5)14(30)11-16(39-19)13-7-8-15(35-2)17(10-13)36-3/h7-8,10-12,22-24,26-27,31-33H,6,9H2,1-5H3,(H,29,34)/t22-,23-,24+,26+,27+/m1/s1. The van der Waals surface area contributed by atoms with Crippen LogP contribution in [0.15, 0.2) is 39.5 Å². The van der Waals surface area contributed by atoms with E-state index in [9.17, 15) is 24.9 Å². The van der Waals surface area contributed by atoms with Crippen molar-refractivity contribution in [2.45, 2.75) is 43.9 Å². The van der Waals surface area contributed by atoms with Crippen LogP contribution in [-0.4, -0.2) is 80.6 Å². The number of aliphatic hydroxyl groups excluding tert-OH is 3. The molecule has 0 radical (unpaired) electrons. The second kappa shape index (κ2) is 12.1. The fraction of sp³-hybridized carbons (Fsp3) is 0.429. The van der Waals surface area contributed by atoms with Crippen molar-refractivity contribution in [1.82, 2.24) is 5.32 Å². The third kappa shape index (κ3) is 5.18. The predicted molar refractivity (Wildman–Crippen MR) is 143 cm³/mol. The predicted octanol–water partition coefficient (Wildman–Crippen LogP) is 1.54. The Hall–Kier alpha value is -3.84. The van der Waals surface area contributed by atoms with Gasteiger partial charge in [-0.2, -0.15) is 0 Å². The van der Waals surface area contributed by atoms with Gasteiger partial charge in [0, 0.05) is 24.2 Å². The van der Waals surface area contributed by atoms with E-state index in [1.54, 1.807) is 18.2 Å². The summed E-state index contributed by atoms with van der Waals surface area (Å²) in [6, 6.07) is 7.75. The Kier molecular flexibility index (Phi) is 8.84. The Labute approximate surface area is 230 Å². The summed E-state index contributed by atoms with van der Waals surface area (Å²) in [4.78, 5) is 26.2. The van der Waals surface area contributed by atoms with Gasteiger partial charge in [0.05, 0.1) is 34.0 Å². The summed E-state index contributed by atoms with van der Waals surface area (Å²) >= 11 is 0. The van der Waals surface area contributed by atoms with Gasteiger partial charge >= 0.3 is 0 Å². The minimum Gasteiger partial charge on any atom is -0.496 e. The van der Waals surface area contributed by atoms with Gasteiger partial charge in [-0.15, -0.1) is 0 Å². The van der Waals surface area contributed by atoms with Gasteiger partial charge in [-0.3, -0.25) is 9.59 Å². The summed E-state index contributed by atoms with van der Waals surface area (Å²) in [7, 11) is 5.67. The second-order valence-electron chi connectivity index (χ2n) is 9.18. The summed E-state index contributed by atoms with van der Waals surface area (Å²) in [5.41, 5.74) is 0.242. The van der Waals surface area contributed by atoms with E-state index in [-0.39, 0.29) is 33.8 Å². The molecular weight excluding hydrogens is 526 g/mol. The molecule has 2 heterocycles. The molecule has 12 heteroatoms. The van der Waals surface area contributed by atoms with Crippen LogP contribution in [0.1, 0.15) is 25.0 Å². The van der Waals surface area contributed by atoms with Crippen molar-refractivity contribution in [3.8, 4) is 34.3 Å². The third-order valence-corrected chi connectivity index (χ3v) is 6.77. The number of amides is 1. The Bertz CT molecular complexity index is 1440. The number of aliphatic hydroxyl groups is 3. The topological polar surface area (TPSA) is 166 Å². The minimum absolute atomic E-state index is 0.0194. The first-order valence-corrected chi connectivity index (χ1v) is 12.6. The van der Waals surface area contributed by atoms with Crippen LogP contribution < -0.4 is 29.7 Å². The smallest absolute Gasteiger partial charge is 0.251 e. The normalized spacial score (nSPS) is 22.6. The summed E-state index contributed by atoms with van der Waals surface area (Å²) in [6.45, 7) is 2.17.